The molecule has 2 atom stereocenters. The van der Waals surface area contributed by atoms with Crippen molar-refractivity contribution in [2.24, 2.45) is 5.92 Å². The Morgan fingerprint density at radius 3 is 2.71 bits per heavy atom. The summed E-state index contributed by atoms with van der Waals surface area (Å²) >= 11 is 0. The van der Waals surface area contributed by atoms with E-state index in [4.69, 9.17) is 9.47 Å². The van der Waals surface area contributed by atoms with Crippen molar-refractivity contribution >= 4 is 11.9 Å². The van der Waals surface area contributed by atoms with Crippen molar-refractivity contribution in [3.63, 3.8) is 0 Å². The number of fused-ring (bicyclic) bond motifs is 3. The summed E-state index contributed by atoms with van der Waals surface area (Å²) in [5, 5.41) is 0. The van der Waals surface area contributed by atoms with Gasteiger partial charge in [0.05, 0.1) is 14.2 Å². The monoisotopic (exact) mass is 329 g/mol. The van der Waals surface area contributed by atoms with Crippen LogP contribution < -0.4 is 9.47 Å². The van der Waals surface area contributed by atoms with Gasteiger partial charge in [-0.05, 0) is 51.0 Å². The van der Waals surface area contributed by atoms with Crippen LogP contribution in [0.2, 0.25) is 0 Å². The van der Waals surface area contributed by atoms with Gasteiger partial charge in [0.1, 0.15) is 5.78 Å². The zero-order valence-corrected chi connectivity index (χ0v) is 15.1. The second kappa shape index (κ2) is 6.60. The normalized spacial score (nSPS) is 25.4. The molecule has 0 aliphatic heterocycles. The molecule has 0 heterocycles. The topological polar surface area (TPSA) is 38.8 Å². The minimum Gasteiger partial charge on any atom is -0.493 e. The van der Waals surface area contributed by atoms with Gasteiger partial charge in [0, 0.05) is 23.8 Å². The minimum atomic E-state index is -0.191. The third-order valence-electron chi connectivity index (χ3n) is 5.55. The number of carbonyl (C=O) groups excluding carboxylic acids is 1. The molecule has 3 rings (SSSR count). The van der Waals surface area contributed by atoms with E-state index in [9.17, 15) is 4.79 Å². The molecule has 1 saturated carbocycles. The summed E-state index contributed by atoms with van der Waals surface area (Å²) in [7, 11) is 7.52. The predicted molar refractivity (Wildman–Crippen MR) is 95.8 cm³/mol. The first kappa shape index (κ1) is 17.0. The number of carbonyl (C=O) groups is 1. The maximum atomic E-state index is 12.4. The molecule has 0 spiro atoms. The SMILES string of the molecule is COc1ccc2c(c1OC)[C@@]1(CCN(C)C)CC(=O)CC[C@@H]1C=C2. The molecule has 0 bridgehead atoms. The summed E-state index contributed by atoms with van der Waals surface area (Å²) in [5.41, 5.74) is 2.12. The zero-order valence-electron chi connectivity index (χ0n) is 15.1. The number of methoxy groups -OCH3 is 2. The maximum absolute atomic E-state index is 12.4. The predicted octanol–water partition coefficient (Wildman–Crippen LogP) is 3.29. The second-order valence-electron chi connectivity index (χ2n) is 7.19. The Morgan fingerprint density at radius 2 is 2.04 bits per heavy atom. The lowest BCUT2D eigenvalue weighted by atomic mass is 9.57. The van der Waals surface area contributed by atoms with Crippen molar-refractivity contribution in [1.29, 1.82) is 0 Å². The maximum Gasteiger partial charge on any atom is 0.165 e. The Labute approximate surface area is 144 Å². The van der Waals surface area contributed by atoms with Gasteiger partial charge in [-0.1, -0.05) is 18.2 Å². The first-order valence-electron chi connectivity index (χ1n) is 8.62. The number of ether oxygens (including phenoxy) is 2. The average molecular weight is 329 g/mol. The van der Waals surface area contributed by atoms with Gasteiger partial charge in [-0.2, -0.15) is 0 Å². The highest BCUT2D eigenvalue weighted by atomic mass is 16.5. The average Bonchev–Trinajstić information content (AvgIpc) is 2.58. The molecule has 4 nitrogen and oxygen atoms in total. The molecule has 4 heteroatoms. The molecule has 2 aliphatic rings. The molecule has 0 N–H and O–H groups in total. The molecular weight excluding hydrogens is 302 g/mol. The summed E-state index contributed by atoms with van der Waals surface area (Å²) in [5.74, 6) is 2.27. The third-order valence-corrected chi connectivity index (χ3v) is 5.55. The number of hydrogen-bond acceptors (Lipinski definition) is 4. The number of ketones is 1. The Balaban J connectivity index is 2.19. The molecule has 0 saturated heterocycles. The molecule has 0 unspecified atom stereocenters. The molecule has 130 valence electrons. The standard InChI is InChI=1S/C20H27NO3/c1-21(2)12-11-20-13-16(22)9-8-15(20)7-5-14-6-10-17(23-3)19(24-4)18(14)20/h5-7,10,15H,8-9,11-13H2,1-4H3/t15-,20-/m0/s1. The fourth-order valence-corrected chi connectivity index (χ4v) is 4.35. The number of Topliss-reactive ketones (excluding diaryl/α,β-unsaturated/α-hetero) is 1. The van der Waals surface area contributed by atoms with Crippen LogP contribution in [-0.2, 0) is 10.2 Å². The van der Waals surface area contributed by atoms with Crippen LogP contribution in [0.25, 0.3) is 6.08 Å². The Hall–Kier alpha value is -1.81. The molecular formula is C20H27NO3. The van der Waals surface area contributed by atoms with Crippen molar-refractivity contribution in [2.75, 3.05) is 34.9 Å². The number of allylic oxidation sites excluding steroid dienone is 1. The quantitative estimate of drug-likeness (QED) is 0.831. The second-order valence-corrected chi connectivity index (χ2v) is 7.19. The van der Waals surface area contributed by atoms with Crippen LogP contribution in [0.1, 0.15) is 36.8 Å². The van der Waals surface area contributed by atoms with Gasteiger partial charge < -0.3 is 14.4 Å². The lowest BCUT2D eigenvalue weighted by Gasteiger charge is -2.47. The summed E-state index contributed by atoms with van der Waals surface area (Å²) in [6.45, 7) is 0.942. The van der Waals surface area contributed by atoms with Crippen molar-refractivity contribution in [3.8, 4) is 11.5 Å². The van der Waals surface area contributed by atoms with Crippen molar-refractivity contribution in [2.45, 2.75) is 31.1 Å². The molecule has 24 heavy (non-hydrogen) atoms. The van der Waals surface area contributed by atoms with Gasteiger partial charge >= 0.3 is 0 Å². The van der Waals surface area contributed by atoms with E-state index in [1.807, 2.05) is 6.07 Å². The first-order chi connectivity index (χ1) is 11.5. The molecule has 1 aromatic carbocycles. The fourth-order valence-electron chi connectivity index (χ4n) is 4.35. The summed E-state index contributed by atoms with van der Waals surface area (Å²) in [6.07, 6.45) is 7.62. The highest BCUT2D eigenvalue weighted by Crippen LogP contribution is 2.54. The van der Waals surface area contributed by atoms with E-state index in [-0.39, 0.29) is 5.41 Å². The van der Waals surface area contributed by atoms with E-state index in [0.29, 0.717) is 24.5 Å². The summed E-state index contributed by atoms with van der Waals surface area (Å²) in [6, 6.07) is 4.03. The van der Waals surface area contributed by atoms with Crippen LogP contribution in [0.4, 0.5) is 0 Å². The molecule has 1 aromatic rings. The Kier molecular flexibility index (Phi) is 4.68. The number of nitrogens with zero attached hydrogens (tertiary/aromatic N) is 1. The van der Waals surface area contributed by atoms with Crippen molar-refractivity contribution in [3.05, 3.63) is 29.3 Å². The zero-order chi connectivity index (χ0) is 17.3. The van der Waals surface area contributed by atoms with E-state index in [0.717, 1.165) is 42.0 Å². The summed E-state index contributed by atoms with van der Waals surface area (Å²) in [4.78, 5) is 14.6. The van der Waals surface area contributed by atoms with E-state index >= 15 is 0 Å². The van der Waals surface area contributed by atoms with Crippen molar-refractivity contribution < 1.29 is 14.3 Å². The Bertz CT molecular complexity index is 665. The highest BCUT2D eigenvalue weighted by Gasteiger charge is 2.48. The van der Waals surface area contributed by atoms with Crippen LogP contribution >= 0.6 is 0 Å². The smallest absolute Gasteiger partial charge is 0.165 e. The molecule has 1 fully saturated rings. The number of benzene rings is 1. The van der Waals surface area contributed by atoms with Gasteiger partial charge in [0.25, 0.3) is 0 Å². The van der Waals surface area contributed by atoms with Gasteiger partial charge in [-0.3, -0.25) is 4.79 Å². The van der Waals surface area contributed by atoms with E-state index < -0.39 is 0 Å². The van der Waals surface area contributed by atoms with Gasteiger partial charge in [0.2, 0.25) is 0 Å². The fraction of sp³-hybridized carbons (Fsp3) is 0.550. The first-order valence-corrected chi connectivity index (χ1v) is 8.62. The third kappa shape index (κ3) is 2.73. The van der Waals surface area contributed by atoms with Crippen LogP contribution in [0.3, 0.4) is 0 Å². The van der Waals surface area contributed by atoms with Gasteiger partial charge in [0.15, 0.2) is 11.5 Å². The lowest BCUT2D eigenvalue weighted by Crippen LogP contribution is -2.44. The number of rotatable bonds is 5. The van der Waals surface area contributed by atoms with Gasteiger partial charge in [-0.25, -0.2) is 0 Å². The van der Waals surface area contributed by atoms with Crippen molar-refractivity contribution in [1.82, 2.24) is 4.90 Å². The van der Waals surface area contributed by atoms with Crippen LogP contribution in [0.15, 0.2) is 18.2 Å². The van der Waals surface area contributed by atoms with E-state index in [1.54, 1.807) is 14.2 Å². The molecule has 0 radical (unpaired) electrons. The molecule has 0 aromatic heterocycles. The van der Waals surface area contributed by atoms with Crippen LogP contribution in [0.5, 0.6) is 11.5 Å². The molecule has 2 aliphatic carbocycles. The van der Waals surface area contributed by atoms with E-state index in [2.05, 4.69) is 37.2 Å². The largest absolute Gasteiger partial charge is 0.493 e. The van der Waals surface area contributed by atoms with E-state index in [1.165, 1.54) is 0 Å². The van der Waals surface area contributed by atoms with Crippen LogP contribution in [-0.4, -0.2) is 45.5 Å². The summed E-state index contributed by atoms with van der Waals surface area (Å²) < 4.78 is 11.3. The minimum absolute atomic E-state index is 0.191. The lowest BCUT2D eigenvalue weighted by molar-refractivity contribution is -0.123. The van der Waals surface area contributed by atoms with Gasteiger partial charge in [-0.15, -0.1) is 0 Å². The Morgan fingerprint density at radius 1 is 1.25 bits per heavy atom. The molecule has 0 amide bonds. The van der Waals surface area contributed by atoms with Crippen LogP contribution in [0, 0.1) is 5.92 Å². The highest BCUT2D eigenvalue weighted by molar-refractivity contribution is 5.83. The number of hydrogen-bond donors (Lipinski definition) is 0.